The average Bonchev–Trinajstić information content (AvgIpc) is 2.16. The van der Waals surface area contributed by atoms with E-state index < -0.39 is 0 Å². The summed E-state index contributed by atoms with van der Waals surface area (Å²) in [6.07, 6.45) is 3.08. The Labute approximate surface area is 82.8 Å². The van der Waals surface area contributed by atoms with E-state index in [1.165, 1.54) is 0 Å². The first-order valence-corrected chi connectivity index (χ1v) is 5.13. The quantitative estimate of drug-likeness (QED) is 0.684. The molecule has 76 valence electrons. The smallest absolute Gasteiger partial charge is 0.332 e. The predicted molar refractivity (Wildman–Crippen MR) is 52.4 cm³/mol. The molecule has 1 saturated carbocycles. The molecule has 0 aromatic rings. The molecule has 14 heavy (non-hydrogen) atoms. The molecule has 1 aliphatic carbocycles. The summed E-state index contributed by atoms with van der Waals surface area (Å²) in [7, 11) is 0. The minimum Gasteiger partial charge on any atom is -0.332 e. The molecule has 1 aliphatic heterocycles. The minimum absolute atomic E-state index is 0.0252. The molecule has 2 atom stereocenters. The van der Waals surface area contributed by atoms with Gasteiger partial charge in [-0.2, -0.15) is 0 Å². The molecule has 0 bridgehead atoms. The Kier molecular flexibility index (Phi) is 2.35. The Hall–Kier alpha value is -1.19. The molecule has 2 rings (SSSR count). The summed E-state index contributed by atoms with van der Waals surface area (Å²) in [4.78, 5) is 26.8. The van der Waals surface area contributed by atoms with E-state index >= 15 is 0 Å². The molecule has 1 heterocycles. The van der Waals surface area contributed by atoms with Gasteiger partial charge in [-0.25, -0.2) is 9.79 Å². The Balaban J connectivity index is 2.30. The Morgan fingerprint density at radius 3 is 2.93 bits per heavy atom. The number of nitrogens with zero attached hydrogens (tertiary/aromatic N) is 1. The second-order valence-corrected chi connectivity index (χ2v) is 3.86. The van der Waals surface area contributed by atoms with Crippen LogP contribution >= 0.6 is 0 Å². The van der Waals surface area contributed by atoms with Crippen molar-refractivity contribution in [2.45, 2.75) is 38.6 Å². The molecular weight excluding hydrogens is 180 g/mol. The van der Waals surface area contributed by atoms with Crippen molar-refractivity contribution in [3.63, 3.8) is 0 Å². The van der Waals surface area contributed by atoms with Crippen molar-refractivity contribution in [3.8, 4) is 0 Å². The van der Waals surface area contributed by atoms with E-state index in [1.54, 1.807) is 0 Å². The fourth-order valence-electron chi connectivity index (χ4n) is 2.27. The predicted octanol–water partition coefficient (Wildman–Crippen LogP) is 1.30. The fourth-order valence-corrected chi connectivity index (χ4v) is 2.27. The highest BCUT2D eigenvalue weighted by Gasteiger charge is 2.38. The van der Waals surface area contributed by atoms with Gasteiger partial charge in [-0.3, -0.25) is 4.79 Å². The minimum atomic E-state index is -0.280. The lowest BCUT2D eigenvalue weighted by molar-refractivity contribution is -0.122. The van der Waals surface area contributed by atoms with Crippen LogP contribution in [0.15, 0.2) is 4.99 Å². The summed E-state index contributed by atoms with van der Waals surface area (Å²) >= 11 is 0. The normalized spacial score (nSPS) is 31.9. The molecule has 0 radical (unpaired) electrons. The largest absolute Gasteiger partial charge is 0.341 e. The number of urea groups is 1. The van der Waals surface area contributed by atoms with Gasteiger partial charge in [0.2, 0.25) is 0 Å². The van der Waals surface area contributed by atoms with Crippen LogP contribution in [-0.4, -0.2) is 23.6 Å². The number of aliphatic imine (C=N–C) groups is 1. The second kappa shape index (κ2) is 3.52. The van der Waals surface area contributed by atoms with E-state index in [4.69, 9.17) is 0 Å². The van der Waals surface area contributed by atoms with Crippen LogP contribution in [0.3, 0.4) is 0 Å². The molecule has 2 unspecified atom stereocenters. The number of Topliss-reactive ketones (excluding diaryl/α,β-unsaturated/α-hetero) is 1. The Morgan fingerprint density at radius 2 is 2.21 bits per heavy atom. The van der Waals surface area contributed by atoms with Gasteiger partial charge in [-0.05, 0) is 19.3 Å². The number of hydrogen-bond acceptors (Lipinski definition) is 2. The topological polar surface area (TPSA) is 58.5 Å². The third-order valence-electron chi connectivity index (χ3n) is 2.96. The van der Waals surface area contributed by atoms with Crippen LogP contribution in [0.1, 0.15) is 32.6 Å². The van der Waals surface area contributed by atoms with Crippen molar-refractivity contribution in [1.82, 2.24) is 5.32 Å². The fraction of sp³-hybridized carbons (Fsp3) is 0.700. The molecule has 0 saturated heterocycles. The average molecular weight is 194 g/mol. The maximum absolute atomic E-state index is 11.7. The van der Waals surface area contributed by atoms with Crippen LogP contribution in [0.2, 0.25) is 0 Å². The summed E-state index contributed by atoms with van der Waals surface area (Å²) < 4.78 is 0. The first-order valence-electron chi connectivity index (χ1n) is 5.13. The van der Waals surface area contributed by atoms with Gasteiger partial charge >= 0.3 is 6.03 Å². The Bertz CT molecular complexity index is 309. The van der Waals surface area contributed by atoms with Crippen LogP contribution in [-0.2, 0) is 4.79 Å². The van der Waals surface area contributed by atoms with Crippen LogP contribution in [0.25, 0.3) is 0 Å². The van der Waals surface area contributed by atoms with Crippen molar-refractivity contribution in [3.05, 3.63) is 0 Å². The van der Waals surface area contributed by atoms with Gasteiger partial charge in [0.05, 0.1) is 5.92 Å². The number of rotatable bonds is 1. The zero-order valence-corrected chi connectivity index (χ0v) is 8.25. The number of fused-ring (bicyclic) bond motifs is 1. The van der Waals surface area contributed by atoms with Gasteiger partial charge in [0.1, 0.15) is 5.78 Å². The van der Waals surface area contributed by atoms with Crippen molar-refractivity contribution in [1.29, 1.82) is 0 Å². The van der Waals surface area contributed by atoms with Gasteiger partial charge in [0.25, 0.3) is 0 Å². The highest BCUT2D eigenvalue weighted by molar-refractivity contribution is 6.12. The van der Waals surface area contributed by atoms with Crippen molar-refractivity contribution < 1.29 is 9.59 Å². The van der Waals surface area contributed by atoms with Gasteiger partial charge in [0.15, 0.2) is 0 Å². The van der Waals surface area contributed by atoms with E-state index in [-0.39, 0.29) is 23.8 Å². The lowest BCUT2D eigenvalue weighted by Crippen LogP contribution is -2.51. The van der Waals surface area contributed by atoms with Gasteiger partial charge in [-0.15, -0.1) is 0 Å². The number of ketones is 1. The molecule has 1 N–H and O–H groups in total. The summed E-state index contributed by atoms with van der Waals surface area (Å²) in [5, 5.41) is 2.75. The van der Waals surface area contributed by atoms with Gasteiger partial charge in [-0.1, -0.05) is 6.92 Å². The third-order valence-corrected chi connectivity index (χ3v) is 2.96. The van der Waals surface area contributed by atoms with E-state index in [0.29, 0.717) is 6.42 Å². The maximum Gasteiger partial charge on any atom is 0.341 e. The molecule has 0 aromatic heterocycles. The number of amides is 2. The van der Waals surface area contributed by atoms with E-state index in [9.17, 15) is 9.59 Å². The van der Waals surface area contributed by atoms with Crippen molar-refractivity contribution >= 4 is 17.5 Å². The van der Waals surface area contributed by atoms with E-state index in [0.717, 1.165) is 25.0 Å². The van der Waals surface area contributed by atoms with Gasteiger partial charge < -0.3 is 5.32 Å². The molecule has 0 spiro atoms. The van der Waals surface area contributed by atoms with Crippen molar-refractivity contribution in [2.75, 3.05) is 0 Å². The zero-order valence-electron chi connectivity index (χ0n) is 8.25. The SMILES string of the molecule is CCC1NC(=O)N=C2CCCC(=O)C21. The molecule has 2 amide bonds. The van der Waals surface area contributed by atoms with E-state index in [1.807, 2.05) is 6.92 Å². The molecule has 4 nitrogen and oxygen atoms in total. The molecule has 0 aromatic carbocycles. The monoisotopic (exact) mass is 194 g/mol. The molecular formula is C10H14N2O2. The lowest BCUT2D eigenvalue weighted by Gasteiger charge is -2.33. The van der Waals surface area contributed by atoms with Crippen LogP contribution in [0.4, 0.5) is 4.79 Å². The third kappa shape index (κ3) is 1.45. The first-order chi connectivity index (χ1) is 6.72. The van der Waals surface area contributed by atoms with Crippen LogP contribution in [0.5, 0.6) is 0 Å². The highest BCUT2D eigenvalue weighted by atomic mass is 16.2. The molecule has 2 aliphatic rings. The summed E-state index contributed by atoms with van der Waals surface area (Å²) in [5.41, 5.74) is 0.803. The number of carbonyl (C=O) groups is 2. The van der Waals surface area contributed by atoms with Crippen molar-refractivity contribution in [2.24, 2.45) is 10.9 Å². The zero-order chi connectivity index (χ0) is 10.1. The van der Waals surface area contributed by atoms with E-state index in [2.05, 4.69) is 10.3 Å². The lowest BCUT2D eigenvalue weighted by atomic mass is 9.79. The summed E-state index contributed by atoms with van der Waals surface area (Å²) in [6.45, 7) is 1.98. The van der Waals surface area contributed by atoms with Crippen LogP contribution in [0, 0.1) is 5.92 Å². The maximum atomic E-state index is 11.7. The second-order valence-electron chi connectivity index (χ2n) is 3.86. The number of nitrogens with one attached hydrogen (secondary N) is 1. The first kappa shape index (κ1) is 9.37. The Morgan fingerprint density at radius 1 is 1.43 bits per heavy atom. The standard InChI is InChI=1S/C10H14N2O2/c1-2-6-9-7(12-10(14)11-6)4-3-5-8(9)13/h6,9H,2-5H2,1H3,(H,11,14). The number of carbonyl (C=O) groups excluding carboxylic acids is 2. The summed E-state index contributed by atoms with van der Waals surface area (Å²) in [5.74, 6) is 0.105. The van der Waals surface area contributed by atoms with Crippen LogP contribution < -0.4 is 5.32 Å². The number of hydrogen-bond donors (Lipinski definition) is 1. The molecule has 1 fully saturated rings. The molecule has 4 heteroatoms. The highest BCUT2D eigenvalue weighted by Crippen LogP contribution is 2.25. The van der Waals surface area contributed by atoms with Gasteiger partial charge in [0, 0.05) is 18.2 Å². The summed E-state index contributed by atoms with van der Waals surface area (Å²) in [6, 6.07) is -0.305.